The van der Waals surface area contributed by atoms with Gasteiger partial charge >= 0.3 is 6.03 Å². The molecule has 2 N–H and O–H groups in total. The second-order valence-electron chi connectivity index (χ2n) is 6.62. The Balaban J connectivity index is 1.86. The number of nitrogens with one attached hydrogen (secondary N) is 2. The van der Waals surface area contributed by atoms with Crippen LogP contribution in [0.15, 0.2) is 65.9 Å². The Kier molecular flexibility index (Phi) is 5.45. The molecule has 0 aromatic heterocycles. The number of amides is 3. The molecule has 6 nitrogen and oxygen atoms in total. The number of ether oxygens (including phenoxy) is 1. The van der Waals surface area contributed by atoms with Gasteiger partial charge in [0.05, 0.1) is 11.6 Å². The number of allylic oxidation sites excluding steroid dienone is 1. The average Bonchev–Trinajstić information content (AvgIpc) is 2.66. The molecule has 0 radical (unpaired) electrons. The second kappa shape index (κ2) is 7.95. The zero-order valence-corrected chi connectivity index (χ0v) is 15.7. The number of hydrogen-bond donors (Lipinski definition) is 2. The third kappa shape index (κ3) is 4.28. The van der Waals surface area contributed by atoms with Crippen LogP contribution in [0.2, 0.25) is 0 Å². The molecule has 0 unspecified atom stereocenters. The van der Waals surface area contributed by atoms with E-state index in [1.54, 1.807) is 21.0 Å². The fourth-order valence-corrected chi connectivity index (χ4v) is 2.99. The quantitative estimate of drug-likeness (QED) is 0.856. The van der Waals surface area contributed by atoms with Gasteiger partial charge in [0.2, 0.25) is 0 Å². The molecule has 0 saturated carbocycles. The van der Waals surface area contributed by atoms with Gasteiger partial charge in [-0.15, -0.1) is 0 Å². The van der Waals surface area contributed by atoms with Gasteiger partial charge < -0.3 is 20.3 Å². The van der Waals surface area contributed by atoms with E-state index in [1.807, 2.05) is 54.6 Å². The maximum absolute atomic E-state index is 12.6. The zero-order valence-electron chi connectivity index (χ0n) is 15.7. The van der Waals surface area contributed by atoms with Crippen LogP contribution in [0.5, 0.6) is 5.75 Å². The van der Waals surface area contributed by atoms with E-state index in [9.17, 15) is 9.59 Å². The summed E-state index contributed by atoms with van der Waals surface area (Å²) in [6.45, 7) is 2.18. The van der Waals surface area contributed by atoms with Crippen LogP contribution in [0.25, 0.3) is 0 Å². The van der Waals surface area contributed by atoms with Crippen molar-refractivity contribution in [3.63, 3.8) is 0 Å². The van der Waals surface area contributed by atoms with E-state index in [0.717, 1.165) is 11.1 Å². The van der Waals surface area contributed by atoms with Crippen LogP contribution in [-0.2, 0) is 11.4 Å². The molecule has 1 aliphatic rings. The van der Waals surface area contributed by atoms with Crippen LogP contribution in [0.3, 0.4) is 0 Å². The van der Waals surface area contributed by atoms with Crippen molar-refractivity contribution in [1.29, 1.82) is 0 Å². The topological polar surface area (TPSA) is 70.7 Å². The van der Waals surface area contributed by atoms with E-state index in [0.29, 0.717) is 23.6 Å². The van der Waals surface area contributed by atoms with Crippen molar-refractivity contribution in [2.24, 2.45) is 0 Å². The molecule has 27 heavy (non-hydrogen) atoms. The lowest BCUT2D eigenvalue weighted by molar-refractivity contribution is -0.125. The summed E-state index contributed by atoms with van der Waals surface area (Å²) in [6.07, 6.45) is 0. The van der Waals surface area contributed by atoms with Gasteiger partial charge in [-0.3, -0.25) is 4.79 Å². The fraction of sp³-hybridized carbons (Fsp3) is 0.238. The standard InChI is InChI=1S/C21H23N3O3/c1-14-18(20(25)24(2)3)19(23-21(26)22-14)16-10-7-11-17(12-16)27-13-15-8-5-4-6-9-15/h4-12,19H,13H2,1-3H3,(H2,22,23,26)/t19-/m0/s1. The van der Waals surface area contributed by atoms with Crippen LogP contribution < -0.4 is 15.4 Å². The molecule has 0 bridgehead atoms. The van der Waals surface area contributed by atoms with E-state index >= 15 is 0 Å². The summed E-state index contributed by atoms with van der Waals surface area (Å²) in [5.41, 5.74) is 2.93. The van der Waals surface area contributed by atoms with Gasteiger partial charge in [0.1, 0.15) is 12.4 Å². The third-order valence-electron chi connectivity index (χ3n) is 4.35. The molecule has 0 fully saturated rings. The van der Waals surface area contributed by atoms with Gasteiger partial charge in [-0.25, -0.2) is 4.79 Å². The first-order valence-electron chi connectivity index (χ1n) is 8.72. The molecular formula is C21H23N3O3. The SMILES string of the molecule is CC1=C(C(=O)N(C)C)[C@H](c2cccc(OCc3ccccc3)c2)NC(=O)N1. The van der Waals surface area contributed by atoms with Gasteiger partial charge in [-0.1, -0.05) is 42.5 Å². The van der Waals surface area contributed by atoms with Crippen molar-refractivity contribution < 1.29 is 14.3 Å². The van der Waals surface area contributed by atoms with Crippen molar-refractivity contribution in [2.75, 3.05) is 14.1 Å². The van der Waals surface area contributed by atoms with E-state index in [-0.39, 0.29) is 11.9 Å². The minimum absolute atomic E-state index is 0.152. The van der Waals surface area contributed by atoms with Gasteiger partial charge in [-0.05, 0) is 30.2 Å². The summed E-state index contributed by atoms with van der Waals surface area (Å²) in [6, 6.07) is 16.5. The third-order valence-corrected chi connectivity index (χ3v) is 4.35. The molecule has 1 atom stereocenters. The summed E-state index contributed by atoms with van der Waals surface area (Å²) < 4.78 is 5.88. The molecule has 6 heteroatoms. The zero-order chi connectivity index (χ0) is 19.4. The van der Waals surface area contributed by atoms with Gasteiger partial charge in [0.15, 0.2) is 0 Å². The average molecular weight is 365 g/mol. The monoisotopic (exact) mass is 365 g/mol. The van der Waals surface area contributed by atoms with Crippen LogP contribution in [-0.4, -0.2) is 30.9 Å². The molecule has 3 amide bonds. The van der Waals surface area contributed by atoms with E-state index < -0.39 is 6.04 Å². The lowest BCUT2D eigenvalue weighted by atomic mass is 9.94. The lowest BCUT2D eigenvalue weighted by Crippen LogP contribution is -2.46. The first-order chi connectivity index (χ1) is 13.0. The second-order valence-corrected chi connectivity index (χ2v) is 6.62. The smallest absolute Gasteiger partial charge is 0.319 e. The predicted octanol–water partition coefficient (Wildman–Crippen LogP) is 2.98. The highest BCUT2D eigenvalue weighted by atomic mass is 16.5. The van der Waals surface area contributed by atoms with Gasteiger partial charge in [0.25, 0.3) is 5.91 Å². The summed E-state index contributed by atoms with van der Waals surface area (Å²) in [7, 11) is 3.38. The largest absolute Gasteiger partial charge is 0.489 e. The number of benzene rings is 2. The molecule has 2 aromatic carbocycles. The lowest BCUT2D eigenvalue weighted by Gasteiger charge is -2.30. The highest BCUT2D eigenvalue weighted by Crippen LogP contribution is 2.30. The maximum atomic E-state index is 12.6. The highest BCUT2D eigenvalue weighted by Gasteiger charge is 2.32. The van der Waals surface area contributed by atoms with Gasteiger partial charge in [0, 0.05) is 19.8 Å². The Hall–Kier alpha value is -3.28. The number of carbonyl (C=O) groups is 2. The van der Waals surface area contributed by atoms with Crippen LogP contribution in [0, 0.1) is 0 Å². The molecule has 0 spiro atoms. The highest BCUT2D eigenvalue weighted by molar-refractivity contribution is 5.98. The molecule has 140 valence electrons. The molecular weight excluding hydrogens is 342 g/mol. The van der Waals surface area contributed by atoms with Crippen LogP contribution >= 0.6 is 0 Å². The molecule has 0 saturated heterocycles. The minimum atomic E-state index is -0.533. The Morgan fingerprint density at radius 2 is 1.85 bits per heavy atom. The normalized spacial score (nSPS) is 16.4. The Bertz CT molecular complexity index is 875. The van der Waals surface area contributed by atoms with E-state index in [4.69, 9.17) is 4.74 Å². The van der Waals surface area contributed by atoms with E-state index in [2.05, 4.69) is 10.6 Å². The predicted molar refractivity (Wildman–Crippen MR) is 103 cm³/mol. The maximum Gasteiger partial charge on any atom is 0.319 e. The Morgan fingerprint density at radius 3 is 2.56 bits per heavy atom. The van der Waals surface area contributed by atoms with E-state index in [1.165, 1.54) is 4.90 Å². The Morgan fingerprint density at radius 1 is 1.11 bits per heavy atom. The summed E-state index contributed by atoms with van der Waals surface area (Å²) >= 11 is 0. The number of carbonyl (C=O) groups excluding carboxylic acids is 2. The number of urea groups is 1. The Labute approximate surface area is 158 Å². The number of nitrogens with zero attached hydrogens (tertiary/aromatic N) is 1. The first-order valence-corrected chi connectivity index (χ1v) is 8.72. The van der Waals surface area contributed by atoms with Crippen molar-refractivity contribution >= 4 is 11.9 Å². The fourth-order valence-electron chi connectivity index (χ4n) is 2.99. The number of hydrogen-bond acceptors (Lipinski definition) is 3. The molecule has 1 heterocycles. The number of rotatable bonds is 5. The van der Waals surface area contributed by atoms with Gasteiger partial charge in [-0.2, -0.15) is 0 Å². The molecule has 1 aliphatic heterocycles. The van der Waals surface area contributed by atoms with Crippen LogP contribution in [0.1, 0.15) is 24.1 Å². The number of likely N-dealkylation sites (N-methyl/N-ethyl adjacent to an activating group) is 1. The van der Waals surface area contributed by atoms with Crippen LogP contribution in [0.4, 0.5) is 4.79 Å². The summed E-state index contributed by atoms with van der Waals surface area (Å²) in [4.78, 5) is 26.1. The van der Waals surface area contributed by atoms with Crippen molar-refractivity contribution in [3.05, 3.63) is 77.0 Å². The molecule has 0 aliphatic carbocycles. The summed E-state index contributed by atoms with van der Waals surface area (Å²) in [5.74, 6) is 0.527. The molecule has 3 rings (SSSR count). The summed E-state index contributed by atoms with van der Waals surface area (Å²) in [5, 5.41) is 5.52. The van der Waals surface area contributed by atoms with Crippen molar-refractivity contribution in [1.82, 2.24) is 15.5 Å². The minimum Gasteiger partial charge on any atom is -0.489 e. The van der Waals surface area contributed by atoms with Crippen molar-refractivity contribution in [2.45, 2.75) is 19.6 Å². The first kappa shape index (κ1) is 18.5. The van der Waals surface area contributed by atoms with Crippen molar-refractivity contribution in [3.8, 4) is 5.75 Å². The molecule has 2 aromatic rings.